The normalized spacial score (nSPS) is 11.7. The Balaban J connectivity index is 0.000000163. The van der Waals surface area contributed by atoms with E-state index in [9.17, 15) is 0 Å². The van der Waals surface area contributed by atoms with Gasteiger partial charge in [0.15, 0.2) is 0 Å². The quantitative estimate of drug-likeness (QED) is 0.118. The van der Waals surface area contributed by atoms with Gasteiger partial charge in [-0.05, 0) is 71.2 Å². The van der Waals surface area contributed by atoms with Gasteiger partial charge in [0, 0.05) is 57.5 Å². The molecule has 11 aromatic rings. The Hall–Kier alpha value is -5.95. The summed E-state index contributed by atoms with van der Waals surface area (Å²) in [5.74, 6) is 1.47. The van der Waals surface area contributed by atoms with Gasteiger partial charge < -0.3 is 14.0 Å². The first-order valence-electron chi connectivity index (χ1n) is 21.0. The van der Waals surface area contributed by atoms with Crippen LogP contribution in [0.4, 0.5) is 0 Å². The van der Waals surface area contributed by atoms with Crippen LogP contribution in [0.5, 0.6) is 0 Å². The summed E-state index contributed by atoms with van der Waals surface area (Å²) in [5, 5.41) is 6.21. The molecule has 0 atom stereocenters. The van der Waals surface area contributed by atoms with Crippen LogP contribution in [0.15, 0.2) is 168 Å². The number of thiophene rings is 1. The molecule has 0 spiro atoms. The van der Waals surface area contributed by atoms with E-state index in [1.165, 1.54) is 42.0 Å². The molecule has 307 valence electrons. The number of aromatic nitrogens is 3. The SMILES string of the molecule is CC(C)Cc1cc(-c2[c-]ccc(-c3ccccc3)c2)ncc1[Si](C)(C)C.[Ir].[c-]1ccc2c(oc3ccccc32)c1-c1nc2ccccc2n1-c1ccc2sc3ccccc3c2c1. The average Bonchev–Trinajstić information content (AvgIpc) is 3.98. The number of furan rings is 1. The average molecular weight is 1020 g/mol. The van der Waals surface area contributed by atoms with Gasteiger partial charge in [-0.15, -0.1) is 64.9 Å². The van der Waals surface area contributed by atoms with Crippen LogP contribution in [-0.4, -0.2) is 22.6 Å². The number of para-hydroxylation sites is 3. The van der Waals surface area contributed by atoms with E-state index in [1.807, 2.05) is 53.8 Å². The molecule has 0 fully saturated rings. The first-order valence-corrected chi connectivity index (χ1v) is 25.3. The van der Waals surface area contributed by atoms with Crippen LogP contribution in [0.2, 0.25) is 19.6 Å². The maximum Gasteiger partial charge on any atom is 0.120 e. The van der Waals surface area contributed by atoms with Crippen molar-refractivity contribution >= 4 is 77.7 Å². The Labute approximate surface area is 381 Å². The smallest absolute Gasteiger partial charge is 0.120 e. The minimum Gasteiger partial charge on any atom is -0.501 e. The molecule has 0 aliphatic rings. The molecule has 0 saturated carbocycles. The van der Waals surface area contributed by atoms with E-state index >= 15 is 0 Å². The topological polar surface area (TPSA) is 43.9 Å². The van der Waals surface area contributed by atoms with E-state index < -0.39 is 8.07 Å². The molecule has 0 bridgehead atoms. The van der Waals surface area contributed by atoms with Crippen molar-refractivity contribution in [3.05, 3.63) is 182 Å². The van der Waals surface area contributed by atoms with Crippen LogP contribution in [0.1, 0.15) is 19.4 Å². The van der Waals surface area contributed by atoms with Gasteiger partial charge in [-0.25, -0.2) is 0 Å². The third-order valence-corrected chi connectivity index (χ3v) is 14.6. The van der Waals surface area contributed by atoms with E-state index in [2.05, 4.69) is 172 Å². The van der Waals surface area contributed by atoms with Crippen molar-refractivity contribution < 1.29 is 24.5 Å². The maximum absolute atomic E-state index is 6.36. The Morgan fingerprint density at radius 1 is 0.677 bits per heavy atom. The van der Waals surface area contributed by atoms with E-state index in [0.29, 0.717) is 5.92 Å². The van der Waals surface area contributed by atoms with Crippen molar-refractivity contribution in [2.75, 3.05) is 0 Å². The molecule has 62 heavy (non-hydrogen) atoms. The first-order chi connectivity index (χ1) is 29.7. The number of nitrogens with zero attached hydrogens (tertiary/aromatic N) is 3. The Morgan fingerprint density at radius 3 is 2.23 bits per heavy atom. The zero-order chi connectivity index (χ0) is 41.7. The van der Waals surface area contributed by atoms with Crippen LogP contribution in [0.3, 0.4) is 0 Å². The van der Waals surface area contributed by atoms with Gasteiger partial charge in [0.05, 0.1) is 30.5 Å². The molecule has 1 radical (unpaired) electrons. The van der Waals surface area contributed by atoms with Gasteiger partial charge in [0.25, 0.3) is 0 Å². The number of rotatable bonds is 7. The first kappa shape index (κ1) is 41.4. The largest absolute Gasteiger partial charge is 0.501 e. The number of fused-ring (bicyclic) bond motifs is 7. The Morgan fingerprint density at radius 2 is 1.40 bits per heavy atom. The van der Waals surface area contributed by atoms with Gasteiger partial charge in [-0.3, -0.25) is 4.98 Å². The van der Waals surface area contributed by atoms with Crippen molar-refractivity contribution in [3.8, 4) is 39.5 Å². The van der Waals surface area contributed by atoms with Gasteiger partial charge in [0.1, 0.15) is 5.58 Å². The van der Waals surface area contributed by atoms with Crippen LogP contribution in [-0.2, 0) is 26.5 Å². The molecule has 0 aliphatic carbocycles. The van der Waals surface area contributed by atoms with Crippen molar-refractivity contribution in [2.24, 2.45) is 5.92 Å². The van der Waals surface area contributed by atoms with E-state index in [0.717, 1.165) is 67.7 Å². The molecule has 0 aliphatic heterocycles. The second-order valence-corrected chi connectivity index (χ2v) is 23.3. The number of imidazole rings is 1. The molecular formula is C55H45IrN3OSSi-2. The standard InChI is InChI=1S/C31H17N2OS.C24H28NSi.Ir/c1-5-14-27-20(8-1)22-10-7-11-23(30(22)34-27)31-32-25-12-3-4-13-26(25)33(31)19-16-17-29-24(18-19)21-9-2-6-15-28(21)35-29;1-18(2)14-22-16-23(25-17-24(22)26(3,4)5)21-13-9-12-20(15-21)19-10-7-6-8-11-19;/h1-10,12-18H;6-12,15-18H,14H2,1-5H3;/q2*-1;. The van der Waals surface area contributed by atoms with Crippen molar-refractivity contribution in [2.45, 2.75) is 39.9 Å². The van der Waals surface area contributed by atoms with Crippen molar-refractivity contribution in [3.63, 3.8) is 0 Å². The zero-order valence-corrected chi connectivity index (χ0v) is 39.6. The predicted molar refractivity (Wildman–Crippen MR) is 261 cm³/mol. The molecule has 4 nitrogen and oxygen atoms in total. The molecule has 0 unspecified atom stereocenters. The van der Waals surface area contributed by atoms with Crippen LogP contribution in [0.25, 0.3) is 92.6 Å². The fourth-order valence-electron chi connectivity index (χ4n) is 8.52. The summed E-state index contributed by atoms with van der Waals surface area (Å²) in [6, 6.07) is 61.7. The minimum atomic E-state index is -1.40. The van der Waals surface area contributed by atoms with E-state index in [-0.39, 0.29) is 20.1 Å². The van der Waals surface area contributed by atoms with E-state index in [4.69, 9.17) is 14.4 Å². The van der Waals surface area contributed by atoms with Gasteiger partial charge in [-0.2, -0.15) is 0 Å². The van der Waals surface area contributed by atoms with Gasteiger partial charge in [-0.1, -0.05) is 135 Å². The summed E-state index contributed by atoms with van der Waals surface area (Å²) < 4.78 is 11.2. The summed E-state index contributed by atoms with van der Waals surface area (Å²) in [5.41, 5.74) is 11.6. The van der Waals surface area contributed by atoms with Crippen molar-refractivity contribution in [1.82, 2.24) is 14.5 Å². The fraction of sp³-hybridized carbons (Fsp3) is 0.127. The summed E-state index contributed by atoms with van der Waals surface area (Å²) in [4.78, 5) is 9.91. The molecule has 7 aromatic carbocycles. The van der Waals surface area contributed by atoms with E-state index in [1.54, 1.807) is 0 Å². The third kappa shape index (κ3) is 7.87. The van der Waals surface area contributed by atoms with Gasteiger partial charge >= 0.3 is 0 Å². The zero-order valence-electron chi connectivity index (χ0n) is 35.4. The fourth-order valence-corrected chi connectivity index (χ4v) is 11.2. The van der Waals surface area contributed by atoms with Crippen LogP contribution >= 0.6 is 11.3 Å². The number of pyridine rings is 1. The maximum atomic E-state index is 6.36. The monoisotopic (exact) mass is 1020 g/mol. The molecule has 4 aromatic heterocycles. The molecule has 7 heteroatoms. The molecule has 0 saturated heterocycles. The summed E-state index contributed by atoms with van der Waals surface area (Å²) >= 11 is 1.83. The summed E-state index contributed by atoms with van der Waals surface area (Å²) in [6.45, 7) is 11.8. The second-order valence-electron chi connectivity index (χ2n) is 17.2. The summed E-state index contributed by atoms with van der Waals surface area (Å²) in [7, 11) is -1.40. The minimum absolute atomic E-state index is 0. The van der Waals surface area contributed by atoms with Crippen LogP contribution < -0.4 is 5.19 Å². The molecule has 4 heterocycles. The molecule has 0 N–H and O–H groups in total. The second kappa shape index (κ2) is 17.1. The number of hydrogen-bond donors (Lipinski definition) is 0. The third-order valence-electron chi connectivity index (χ3n) is 11.4. The van der Waals surface area contributed by atoms with Gasteiger partial charge in [0.2, 0.25) is 0 Å². The Bertz CT molecular complexity index is 3380. The molecule has 11 rings (SSSR count). The molecule has 0 amide bonds. The van der Waals surface area contributed by atoms with Crippen LogP contribution in [0, 0.1) is 18.1 Å². The predicted octanol–water partition coefficient (Wildman–Crippen LogP) is 14.7. The Kier molecular flexibility index (Phi) is 11.4. The van der Waals surface area contributed by atoms with Crippen molar-refractivity contribution in [1.29, 1.82) is 0 Å². The number of hydrogen-bond acceptors (Lipinski definition) is 4. The summed E-state index contributed by atoms with van der Waals surface area (Å²) in [6.07, 6.45) is 3.23. The number of benzene rings is 7. The molecular weight excluding hydrogens is 971 g/mol.